The minimum atomic E-state index is 0.401. The van der Waals surface area contributed by atoms with Gasteiger partial charge in [-0.1, -0.05) is 25.9 Å². The van der Waals surface area contributed by atoms with Crippen LogP contribution in [0.1, 0.15) is 38.1 Å². The van der Waals surface area contributed by atoms with Crippen LogP contribution in [0.15, 0.2) is 10.6 Å². The molecule has 1 atom stereocenters. The Kier molecular flexibility index (Phi) is 3.15. The Morgan fingerprint density at radius 3 is 2.58 bits per heavy atom. The van der Waals surface area contributed by atoms with Gasteiger partial charge in [-0.3, -0.25) is 0 Å². The summed E-state index contributed by atoms with van der Waals surface area (Å²) in [5.41, 5.74) is 1.00. The number of hydrogen-bond donors (Lipinski definition) is 0. The Bertz CT molecular complexity index is 244. The van der Waals surface area contributed by atoms with E-state index in [0.29, 0.717) is 17.7 Å². The first-order chi connectivity index (χ1) is 5.65. The van der Waals surface area contributed by atoms with Gasteiger partial charge in [0.2, 0.25) is 0 Å². The van der Waals surface area contributed by atoms with E-state index in [9.17, 15) is 0 Å². The van der Waals surface area contributed by atoms with Gasteiger partial charge in [0.05, 0.1) is 11.6 Å². The van der Waals surface area contributed by atoms with Gasteiger partial charge < -0.3 is 4.52 Å². The van der Waals surface area contributed by atoms with Crippen molar-refractivity contribution in [2.75, 3.05) is 0 Å². The van der Waals surface area contributed by atoms with E-state index in [1.807, 2.05) is 6.07 Å². The van der Waals surface area contributed by atoms with Gasteiger partial charge in [0, 0.05) is 12.0 Å². The molecule has 0 aliphatic carbocycles. The number of nitrogens with zero attached hydrogens (tertiary/aromatic N) is 1. The van der Waals surface area contributed by atoms with Crippen molar-refractivity contribution in [1.29, 1.82) is 0 Å². The predicted molar refractivity (Wildman–Crippen MR) is 49.3 cm³/mol. The average Bonchev–Trinajstić information content (AvgIpc) is 2.50. The molecule has 68 valence electrons. The summed E-state index contributed by atoms with van der Waals surface area (Å²) < 4.78 is 5.00. The van der Waals surface area contributed by atoms with Gasteiger partial charge in [-0.2, -0.15) is 0 Å². The molecule has 1 aromatic heterocycles. The van der Waals surface area contributed by atoms with Crippen molar-refractivity contribution in [2.45, 2.75) is 32.6 Å². The standard InChI is InChI=1S/C9H14ClNO/c1-6(2)7(3)9-4-8(5-10)12-11-9/h4,6-7H,5H2,1-3H3. The van der Waals surface area contributed by atoms with Crippen LogP contribution in [-0.4, -0.2) is 5.16 Å². The zero-order valence-electron chi connectivity index (χ0n) is 7.67. The van der Waals surface area contributed by atoms with Crippen molar-refractivity contribution < 1.29 is 4.52 Å². The van der Waals surface area contributed by atoms with Gasteiger partial charge in [0.15, 0.2) is 5.76 Å². The molecular weight excluding hydrogens is 174 g/mol. The molecule has 0 fully saturated rings. The van der Waals surface area contributed by atoms with Crippen LogP contribution < -0.4 is 0 Å². The zero-order valence-corrected chi connectivity index (χ0v) is 8.43. The third kappa shape index (κ3) is 2.01. The molecule has 0 saturated carbocycles. The maximum Gasteiger partial charge on any atom is 0.151 e. The third-order valence-corrected chi connectivity index (χ3v) is 2.44. The molecule has 1 aromatic rings. The molecule has 0 amide bonds. The lowest BCUT2D eigenvalue weighted by Gasteiger charge is -2.10. The van der Waals surface area contributed by atoms with E-state index >= 15 is 0 Å². The summed E-state index contributed by atoms with van der Waals surface area (Å²) in [6, 6.07) is 1.93. The SMILES string of the molecule is CC(C)C(C)c1cc(CCl)on1. The predicted octanol–water partition coefficient (Wildman–Crippen LogP) is 3.17. The third-order valence-electron chi connectivity index (χ3n) is 2.18. The molecule has 0 bridgehead atoms. The zero-order chi connectivity index (χ0) is 9.14. The summed E-state index contributed by atoms with van der Waals surface area (Å²) in [5, 5.41) is 3.95. The number of rotatable bonds is 3. The lowest BCUT2D eigenvalue weighted by molar-refractivity contribution is 0.375. The molecule has 0 N–H and O–H groups in total. The lowest BCUT2D eigenvalue weighted by Crippen LogP contribution is -2.01. The molecule has 0 aromatic carbocycles. The first kappa shape index (κ1) is 9.59. The molecule has 0 spiro atoms. The quantitative estimate of drug-likeness (QED) is 0.680. The van der Waals surface area contributed by atoms with Crippen molar-refractivity contribution in [3.8, 4) is 0 Å². The van der Waals surface area contributed by atoms with Crippen molar-refractivity contribution >= 4 is 11.6 Å². The number of hydrogen-bond acceptors (Lipinski definition) is 2. The smallest absolute Gasteiger partial charge is 0.151 e. The van der Waals surface area contributed by atoms with E-state index in [-0.39, 0.29) is 0 Å². The fraction of sp³-hybridized carbons (Fsp3) is 0.667. The van der Waals surface area contributed by atoms with Crippen LogP contribution in [0.25, 0.3) is 0 Å². The second-order valence-electron chi connectivity index (χ2n) is 3.38. The molecule has 0 aliphatic heterocycles. The van der Waals surface area contributed by atoms with Gasteiger partial charge >= 0.3 is 0 Å². The summed E-state index contributed by atoms with van der Waals surface area (Å²) in [7, 11) is 0. The molecule has 3 heteroatoms. The van der Waals surface area contributed by atoms with Crippen LogP contribution >= 0.6 is 11.6 Å². The Hall–Kier alpha value is -0.500. The topological polar surface area (TPSA) is 26.0 Å². The molecule has 1 unspecified atom stereocenters. The molecule has 0 saturated heterocycles. The van der Waals surface area contributed by atoms with Gasteiger partial charge in [-0.05, 0) is 5.92 Å². The van der Waals surface area contributed by atoms with E-state index in [0.717, 1.165) is 11.5 Å². The first-order valence-electron chi connectivity index (χ1n) is 4.16. The average molecular weight is 188 g/mol. The van der Waals surface area contributed by atoms with Gasteiger partial charge in [-0.15, -0.1) is 11.6 Å². The monoisotopic (exact) mass is 187 g/mol. The largest absolute Gasteiger partial charge is 0.360 e. The molecule has 0 radical (unpaired) electrons. The molecule has 1 heterocycles. The van der Waals surface area contributed by atoms with E-state index < -0.39 is 0 Å². The highest BCUT2D eigenvalue weighted by molar-refractivity contribution is 6.16. The minimum absolute atomic E-state index is 0.401. The molecule has 12 heavy (non-hydrogen) atoms. The highest BCUT2D eigenvalue weighted by Crippen LogP contribution is 2.23. The highest BCUT2D eigenvalue weighted by Gasteiger charge is 2.14. The molecular formula is C9H14ClNO. The first-order valence-corrected chi connectivity index (χ1v) is 4.70. The van der Waals surface area contributed by atoms with E-state index in [4.69, 9.17) is 16.1 Å². The Labute approximate surface area is 77.9 Å². The van der Waals surface area contributed by atoms with Crippen molar-refractivity contribution in [3.05, 3.63) is 17.5 Å². The number of alkyl halides is 1. The van der Waals surface area contributed by atoms with E-state index in [2.05, 4.69) is 25.9 Å². The normalized spacial score (nSPS) is 13.8. The summed E-state index contributed by atoms with van der Waals surface area (Å²) >= 11 is 5.59. The van der Waals surface area contributed by atoms with Crippen LogP contribution in [0.3, 0.4) is 0 Å². The summed E-state index contributed by atoms with van der Waals surface area (Å²) in [6.45, 7) is 6.47. The number of aromatic nitrogens is 1. The summed E-state index contributed by atoms with van der Waals surface area (Å²) in [5.74, 6) is 2.17. The van der Waals surface area contributed by atoms with Crippen molar-refractivity contribution in [3.63, 3.8) is 0 Å². The van der Waals surface area contributed by atoms with E-state index in [1.54, 1.807) is 0 Å². The van der Waals surface area contributed by atoms with Crippen LogP contribution in [0, 0.1) is 5.92 Å². The van der Waals surface area contributed by atoms with E-state index in [1.165, 1.54) is 0 Å². The molecule has 1 rings (SSSR count). The van der Waals surface area contributed by atoms with Crippen LogP contribution in [0.4, 0.5) is 0 Å². The summed E-state index contributed by atoms with van der Waals surface area (Å²) in [4.78, 5) is 0. The Morgan fingerprint density at radius 2 is 2.17 bits per heavy atom. The Balaban J connectivity index is 2.74. The fourth-order valence-electron chi connectivity index (χ4n) is 0.948. The van der Waals surface area contributed by atoms with Gasteiger partial charge in [0.1, 0.15) is 0 Å². The maximum atomic E-state index is 5.59. The number of halogens is 1. The molecule has 0 aliphatic rings. The Morgan fingerprint density at radius 1 is 1.50 bits per heavy atom. The summed E-state index contributed by atoms with van der Waals surface area (Å²) in [6.07, 6.45) is 0. The highest BCUT2D eigenvalue weighted by atomic mass is 35.5. The maximum absolute atomic E-state index is 5.59. The second kappa shape index (κ2) is 3.94. The minimum Gasteiger partial charge on any atom is -0.360 e. The fourth-order valence-corrected chi connectivity index (χ4v) is 1.07. The van der Waals surface area contributed by atoms with Gasteiger partial charge in [-0.25, -0.2) is 0 Å². The second-order valence-corrected chi connectivity index (χ2v) is 3.65. The van der Waals surface area contributed by atoms with Crippen LogP contribution in [0.2, 0.25) is 0 Å². The van der Waals surface area contributed by atoms with Crippen LogP contribution in [0.5, 0.6) is 0 Å². The lowest BCUT2D eigenvalue weighted by atomic mass is 9.95. The van der Waals surface area contributed by atoms with Crippen molar-refractivity contribution in [1.82, 2.24) is 5.16 Å². The molecule has 2 nitrogen and oxygen atoms in total. The van der Waals surface area contributed by atoms with Gasteiger partial charge in [0.25, 0.3) is 0 Å². The van der Waals surface area contributed by atoms with Crippen molar-refractivity contribution in [2.24, 2.45) is 5.92 Å². The van der Waals surface area contributed by atoms with Crippen LogP contribution in [-0.2, 0) is 5.88 Å².